The predicted octanol–water partition coefficient (Wildman–Crippen LogP) is 2.82. The highest BCUT2D eigenvalue weighted by atomic mass is 19.1. The van der Waals surface area contributed by atoms with Gasteiger partial charge in [0.25, 0.3) is 0 Å². The molecule has 0 N–H and O–H groups in total. The summed E-state index contributed by atoms with van der Waals surface area (Å²) in [6.45, 7) is 1.92. The van der Waals surface area contributed by atoms with Gasteiger partial charge in [-0.1, -0.05) is 0 Å². The third-order valence-electron chi connectivity index (χ3n) is 2.85. The molecule has 1 fully saturated rings. The van der Waals surface area contributed by atoms with Crippen LogP contribution in [0.2, 0.25) is 0 Å². The molecule has 0 unspecified atom stereocenters. The normalized spacial score (nSPS) is 16.5. The van der Waals surface area contributed by atoms with Crippen molar-refractivity contribution in [1.82, 2.24) is 0 Å². The Labute approximate surface area is 89.7 Å². The van der Waals surface area contributed by atoms with Gasteiger partial charge in [0.1, 0.15) is 11.6 Å². The lowest BCUT2D eigenvalue weighted by atomic mass is 10.1. The molecule has 1 heterocycles. The molecule has 2 nitrogen and oxygen atoms in total. The second kappa shape index (κ2) is 4.51. The zero-order valence-electron chi connectivity index (χ0n) is 9.00. The molecule has 0 saturated carbocycles. The number of hydrogen-bond acceptors (Lipinski definition) is 2. The molecule has 0 aliphatic carbocycles. The molecule has 0 spiro atoms. The lowest BCUT2D eigenvalue weighted by Crippen LogP contribution is -2.30. The van der Waals surface area contributed by atoms with Crippen LogP contribution in [-0.4, -0.2) is 20.2 Å². The smallest absolute Gasteiger partial charge is 0.150 e. The summed E-state index contributed by atoms with van der Waals surface area (Å²) in [6.07, 6.45) is 3.57. The van der Waals surface area contributed by atoms with Crippen LogP contribution in [0.15, 0.2) is 18.2 Å². The van der Waals surface area contributed by atoms with Crippen molar-refractivity contribution in [3.8, 4) is 5.75 Å². The quantitative estimate of drug-likeness (QED) is 0.742. The molecule has 0 aromatic heterocycles. The average molecular weight is 209 g/mol. The molecule has 0 amide bonds. The summed E-state index contributed by atoms with van der Waals surface area (Å²) in [5.41, 5.74) is 0.704. The number of ether oxygens (including phenoxy) is 1. The lowest BCUT2D eigenvalue weighted by Gasteiger charge is -2.29. The molecule has 15 heavy (non-hydrogen) atoms. The van der Waals surface area contributed by atoms with E-state index in [1.165, 1.54) is 12.5 Å². The maximum atomic E-state index is 13.7. The molecular formula is C12H16FNO. The van der Waals surface area contributed by atoms with Crippen molar-refractivity contribution in [2.75, 3.05) is 25.1 Å². The van der Waals surface area contributed by atoms with E-state index in [0.717, 1.165) is 25.9 Å². The fourth-order valence-electron chi connectivity index (χ4n) is 2.01. The van der Waals surface area contributed by atoms with Crippen molar-refractivity contribution in [2.24, 2.45) is 0 Å². The summed E-state index contributed by atoms with van der Waals surface area (Å²) in [5.74, 6) is 0.393. The lowest BCUT2D eigenvalue weighted by molar-refractivity contribution is 0.411. The highest BCUT2D eigenvalue weighted by molar-refractivity contribution is 5.50. The van der Waals surface area contributed by atoms with Gasteiger partial charge >= 0.3 is 0 Å². The summed E-state index contributed by atoms with van der Waals surface area (Å²) in [4.78, 5) is 2.11. The van der Waals surface area contributed by atoms with Gasteiger partial charge in [-0.15, -0.1) is 0 Å². The van der Waals surface area contributed by atoms with Crippen molar-refractivity contribution >= 4 is 5.69 Å². The van der Waals surface area contributed by atoms with Crippen molar-refractivity contribution < 1.29 is 9.13 Å². The Morgan fingerprint density at radius 1 is 1.20 bits per heavy atom. The monoisotopic (exact) mass is 209 g/mol. The van der Waals surface area contributed by atoms with Gasteiger partial charge in [0, 0.05) is 19.2 Å². The molecule has 0 atom stereocenters. The SMILES string of the molecule is COc1ccc(N2CCCCC2)c(F)c1. The van der Waals surface area contributed by atoms with Crippen LogP contribution in [0.3, 0.4) is 0 Å². The van der Waals surface area contributed by atoms with Crippen LogP contribution in [0.5, 0.6) is 5.75 Å². The Bertz CT molecular complexity index is 334. The first-order chi connectivity index (χ1) is 7.31. The average Bonchev–Trinajstić information content (AvgIpc) is 2.30. The van der Waals surface area contributed by atoms with Gasteiger partial charge in [0.15, 0.2) is 0 Å². The number of rotatable bonds is 2. The molecule has 1 aromatic rings. The Morgan fingerprint density at radius 3 is 2.53 bits per heavy atom. The van der Waals surface area contributed by atoms with E-state index in [0.29, 0.717) is 11.4 Å². The van der Waals surface area contributed by atoms with Gasteiger partial charge < -0.3 is 9.64 Å². The summed E-state index contributed by atoms with van der Waals surface area (Å²) < 4.78 is 18.7. The maximum absolute atomic E-state index is 13.7. The largest absolute Gasteiger partial charge is 0.497 e. The molecule has 1 aromatic carbocycles. The van der Waals surface area contributed by atoms with Crippen LogP contribution < -0.4 is 9.64 Å². The van der Waals surface area contributed by atoms with E-state index in [-0.39, 0.29) is 5.82 Å². The Kier molecular flexibility index (Phi) is 3.09. The second-order valence-corrected chi connectivity index (χ2v) is 3.87. The first-order valence-electron chi connectivity index (χ1n) is 5.40. The fraction of sp³-hybridized carbons (Fsp3) is 0.500. The molecule has 1 saturated heterocycles. The number of anilines is 1. The molecule has 82 valence electrons. The molecule has 0 bridgehead atoms. The van der Waals surface area contributed by atoms with Crippen LogP contribution in [-0.2, 0) is 0 Å². The Morgan fingerprint density at radius 2 is 1.93 bits per heavy atom. The van der Waals surface area contributed by atoms with Gasteiger partial charge in [0.2, 0.25) is 0 Å². The van der Waals surface area contributed by atoms with Gasteiger partial charge in [0.05, 0.1) is 12.8 Å². The standard InChI is InChI=1S/C12H16FNO/c1-15-10-5-6-12(11(13)9-10)14-7-3-2-4-8-14/h5-6,9H,2-4,7-8H2,1H3. The minimum Gasteiger partial charge on any atom is -0.497 e. The molecular weight excluding hydrogens is 193 g/mol. The van der Waals surface area contributed by atoms with Gasteiger partial charge in [-0.05, 0) is 31.4 Å². The van der Waals surface area contributed by atoms with E-state index in [2.05, 4.69) is 4.90 Å². The summed E-state index contributed by atoms with van der Waals surface area (Å²) in [5, 5.41) is 0. The molecule has 1 aliphatic heterocycles. The Balaban J connectivity index is 2.19. The third kappa shape index (κ3) is 2.22. The van der Waals surface area contributed by atoms with Gasteiger partial charge in [-0.3, -0.25) is 0 Å². The topological polar surface area (TPSA) is 12.5 Å². The number of nitrogens with zero attached hydrogens (tertiary/aromatic N) is 1. The van der Waals surface area contributed by atoms with Crippen LogP contribution >= 0.6 is 0 Å². The van der Waals surface area contributed by atoms with E-state index in [1.807, 2.05) is 6.07 Å². The minimum atomic E-state index is -0.184. The molecule has 2 rings (SSSR count). The van der Waals surface area contributed by atoms with Crippen molar-refractivity contribution in [2.45, 2.75) is 19.3 Å². The fourth-order valence-corrected chi connectivity index (χ4v) is 2.01. The predicted molar refractivity (Wildman–Crippen MR) is 59.0 cm³/mol. The molecule has 3 heteroatoms. The highest BCUT2D eigenvalue weighted by Gasteiger charge is 2.14. The van der Waals surface area contributed by atoms with Crippen LogP contribution in [0, 0.1) is 5.82 Å². The summed E-state index contributed by atoms with van der Waals surface area (Å²) >= 11 is 0. The number of piperidine rings is 1. The van der Waals surface area contributed by atoms with E-state index >= 15 is 0 Å². The maximum Gasteiger partial charge on any atom is 0.150 e. The zero-order chi connectivity index (χ0) is 10.7. The second-order valence-electron chi connectivity index (χ2n) is 3.87. The van der Waals surface area contributed by atoms with Crippen molar-refractivity contribution in [3.05, 3.63) is 24.0 Å². The van der Waals surface area contributed by atoms with Crippen molar-refractivity contribution in [3.63, 3.8) is 0 Å². The van der Waals surface area contributed by atoms with Gasteiger partial charge in [-0.25, -0.2) is 4.39 Å². The Hall–Kier alpha value is -1.25. The molecule has 0 radical (unpaired) electrons. The summed E-state index contributed by atoms with van der Waals surface area (Å²) in [6, 6.07) is 5.07. The van der Waals surface area contributed by atoms with Crippen LogP contribution in [0.25, 0.3) is 0 Å². The van der Waals surface area contributed by atoms with E-state index in [1.54, 1.807) is 13.2 Å². The first kappa shape index (κ1) is 10.3. The third-order valence-corrected chi connectivity index (χ3v) is 2.85. The number of hydrogen-bond donors (Lipinski definition) is 0. The van der Waals surface area contributed by atoms with E-state index < -0.39 is 0 Å². The number of halogens is 1. The highest BCUT2D eigenvalue weighted by Crippen LogP contribution is 2.26. The van der Waals surface area contributed by atoms with Gasteiger partial charge in [-0.2, -0.15) is 0 Å². The van der Waals surface area contributed by atoms with Crippen molar-refractivity contribution in [1.29, 1.82) is 0 Å². The van der Waals surface area contributed by atoms with E-state index in [4.69, 9.17) is 4.74 Å². The minimum absolute atomic E-state index is 0.184. The van der Waals surface area contributed by atoms with Crippen LogP contribution in [0.1, 0.15) is 19.3 Å². The number of methoxy groups -OCH3 is 1. The number of benzene rings is 1. The first-order valence-corrected chi connectivity index (χ1v) is 5.40. The summed E-state index contributed by atoms with van der Waals surface area (Å²) in [7, 11) is 1.55. The molecule has 1 aliphatic rings. The zero-order valence-corrected chi connectivity index (χ0v) is 9.00. The van der Waals surface area contributed by atoms with E-state index in [9.17, 15) is 4.39 Å². The van der Waals surface area contributed by atoms with Crippen LogP contribution in [0.4, 0.5) is 10.1 Å².